The first-order valence-corrected chi connectivity index (χ1v) is 6.89. The van der Waals surface area contributed by atoms with Gasteiger partial charge >= 0.3 is 0 Å². The predicted molar refractivity (Wildman–Crippen MR) is 74.1 cm³/mol. The second kappa shape index (κ2) is 5.50. The number of rotatable bonds is 4. The zero-order chi connectivity index (χ0) is 13.0. The van der Waals surface area contributed by atoms with Crippen LogP contribution in [-0.2, 0) is 5.54 Å². The lowest BCUT2D eigenvalue weighted by Gasteiger charge is -2.28. The maximum atomic E-state index is 12.1. The fourth-order valence-electron chi connectivity index (χ4n) is 1.63. The zero-order valence-corrected chi connectivity index (χ0v) is 11.5. The van der Waals surface area contributed by atoms with Gasteiger partial charge in [0, 0.05) is 5.88 Å². The monoisotopic (exact) mass is 280 g/mol. The summed E-state index contributed by atoms with van der Waals surface area (Å²) in [5.41, 5.74) is 2.04. The van der Waals surface area contributed by atoms with Crippen molar-refractivity contribution >= 4 is 28.8 Å². The summed E-state index contributed by atoms with van der Waals surface area (Å²) in [6.45, 7) is 1.91. The predicted octanol–water partition coefficient (Wildman–Crippen LogP) is 3.03. The molecule has 2 aromatic rings. The van der Waals surface area contributed by atoms with Gasteiger partial charge in [-0.05, 0) is 12.5 Å². The standard InChI is InChI=1S/C13H13ClN2OS/c1-13(8-14,10-5-3-2-4-6-10)16-12(17)11-7-15-9-18-11/h2-7,9H,8H2,1H3,(H,16,17). The minimum absolute atomic E-state index is 0.149. The molecule has 3 nitrogen and oxygen atoms in total. The molecule has 18 heavy (non-hydrogen) atoms. The number of halogens is 1. The van der Waals surface area contributed by atoms with Crippen molar-refractivity contribution in [1.29, 1.82) is 0 Å². The molecule has 1 heterocycles. The van der Waals surface area contributed by atoms with Crippen LogP contribution in [0.2, 0.25) is 0 Å². The topological polar surface area (TPSA) is 42.0 Å². The van der Waals surface area contributed by atoms with E-state index in [9.17, 15) is 4.79 Å². The molecule has 94 valence electrons. The van der Waals surface area contributed by atoms with Gasteiger partial charge in [-0.25, -0.2) is 0 Å². The molecule has 1 amide bonds. The third kappa shape index (κ3) is 2.71. The molecule has 2 rings (SSSR count). The van der Waals surface area contributed by atoms with Gasteiger partial charge in [-0.15, -0.1) is 22.9 Å². The van der Waals surface area contributed by atoms with Crippen LogP contribution < -0.4 is 5.32 Å². The van der Waals surface area contributed by atoms with Gasteiger partial charge < -0.3 is 5.32 Å². The molecule has 0 saturated heterocycles. The van der Waals surface area contributed by atoms with Crippen LogP contribution >= 0.6 is 22.9 Å². The quantitative estimate of drug-likeness (QED) is 0.875. The molecule has 1 atom stereocenters. The maximum absolute atomic E-state index is 12.1. The largest absolute Gasteiger partial charge is 0.341 e. The number of nitrogens with one attached hydrogen (secondary N) is 1. The molecule has 5 heteroatoms. The van der Waals surface area contributed by atoms with Gasteiger partial charge in [0.2, 0.25) is 0 Å². The van der Waals surface area contributed by atoms with E-state index in [2.05, 4.69) is 10.3 Å². The van der Waals surface area contributed by atoms with E-state index >= 15 is 0 Å². The number of nitrogens with zero attached hydrogens (tertiary/aromatic N) is 1. The van der Waals surface area contributed by atoms with Gasteiger partial charge in [-0.1, -0.05) is 30.3 Å². The van der Waals surface area contributed by atoms with E-state index in [-0.39, 0.29) is 5.91 Å². The number of aromatic nitrogens is 1. The van der Waals surface area contributed by atoms with Gasteiger partial charge in [0.25, 0.3) is 5.91 Å². The Labute approximate surface area is 115 Å². The molecule has 0 spiro atoms. The van der Waals surface area contributed by atoms with E-state index < -0.39 is 5.54 Å². The van der Waals surface area contributed by atoms with Gasteiger partial charge in [-0.3, -0.25) is 9.78 Å². The second-order valence-corrected chi connectivity index (χ2v) is 5.31. The van der Waals surface area contributed by atoms with Crippen LogP contribution in [0, 0.1) is 0 Å². The van der Waals surface area contributed by atoms with Gasteiger partial charge in [-0.2, -0.15) is 0 Å². The summed E-state index contributed by atoms with van der Waals surface area (Å²) in [5.74, 6) is 0.158. The Hall–Kier alpha value is -1.39. The Morgan fingerprint density at radius 1 is 1.44 bits per heavy atom. The Kier molecular flexibility index (Phi) is 3.99. The van der Waals surface area contributed by atoms with Crippen molar-refractivity contribution in [3.8, 4) is 0 Å². The molecule has 1 N–H and O–H groups in total. The van der Waals surface area contributed by atoms with Gasteiger partial charge in [0.15, 0.2) is 0 Å². The minimum Gasteiger partial charge on any atom is -0.341 e. The van der Waals surface area contributed by atoms with Crippen LogP contribution in [-0.4, -0.2) is 16.8 Å². The minimum atomic E-state index is -0.579. The fourth-order valence-corrected chi connectivity index (χ4v) is 2.37. The molecule has 1 aromatic carbocycles. The summed E-state index contributed by atoms with van der Waals surface area (Å²) in [7, 11) is 0. The maximum Gasteiger partial charge on any atom is 0.263 e. The second-order valence-electron chi connectivity index (χ2n) is 4.15. The van der Waals surface area contributed by atoms with Crippen molar-refractivity contribution in [3.63, 3.8) is 0 Å². The summed E-state index contributed by atoms with van der Waals surface area (Å²) >= 11 is 7.33. The van der Waals surface area contributed by atoms with Gasteiger partial charge in [0.1, 0.15) is 4.88 Å². The number of amides is 1. The lowest BCUT2D eigenvalue weighted by molar-refractivity contribution is 0.0917. The van der Waals surface area contributed by atoms with E-state index in [0.717, 1.165) is 5.56 Å². The summed E-state index contributed by atoms with van der Waals surface area (Å²) in [6.07, 6.45) is 1.56. The first kappa shape index (κ1) is 13.1. The van der Waals surface area contributed by atoms with Gasteiger partial charge in [0.05, 0.1) is 17.2 Å². The molecular weight excluding hydrogens is 268 g/mol. The third-order valence-electron chi connectivity index (χ3n) is 2.72. The first-order chi connectivity index (χ1) is 8.65. The molecule has 0 fully saturated rings. The van der Waals surface area contributed by atoms with E-state index in [4.69, 9.17) is 11.6 Å². The van der Waals surface area contributed by atoms with E-state index in [0.29, 0.717) is 10.8 Å². The average Bonchev–Trinajstić information content (AvgIpc) is 2.93. The van der Waals surface area contributed by atoms with Crippen molar-refractivity contribution in [1.82, 2.24) is 10.3 Å². The lowest BCUT2D eigenvalue weighted by Crippen LogP contribution is -2.44. The molecule has 0 radical (unpaired) electrons. The summed E-state index contributed by atoms with van der Waals surface area (Å²) in [6, 6.07) is 9.70. The van der Waals surface area contributed by atoms with Crippen molar-refractivity contribution in [2.45, 2.75) is 12.5 Å². The zero-order valence-electron chi connectivity index (χ0n) is 9.89. The highest BCUT2D eigenvalue weighted by Crippen LogP contribution is 2.23. The van der Waals surface area contributed by atoms with Crippen LogP contribution in [0.3, 0.4) is 0 Å². The molecule has 1 unspecified atom stereocenters. The van der Waals surface area contributed by atoms with Crippen molar-refractivity contribution in [3.05, 3.63) is 52.5 Å². The summed E-state index contributed by atoms with van der Waals surface area (Å²) in [5, 5.41) is 2.96. The van der Waals surface area contributed by atoms with Crippen molar-refractivity contribution < 1.29 is 4.79 Å². The highest BCUT2D eigenvalue weighted by Gasteiger charge is 2.28. The number of carbonyl (C=O) groups is 1. The Morgan fingerprint density at radius 3 is 2.72 bits per heavy atom. The van der Waals surface area contributed by atoms with Crippen LogP contribution in [0.25, 0.3) is 0 Å². The molecule has 0 bridgehead atoms. The smallest absolute Gasteiger partial charge is 0.263 e. The Bertz CT molecular complexity index is 515. The summed E-state index contributed by atoms with van der Waals surface area (Å²) in [4.78, 5) is 16.5. The number of thiazole rings is 1. The highest BCUT2D eigenvalue weighted by molar-refractivity contribution is 7.11. The SMILES string of the molecule is CC(CCl)(NC(=O)c1cncs1)c1ccccc1. The lowest BCUT2D eigenvalue weighted by atomic mass is 9.94. The molecule has 0 aliphatic rings. The first-order valence-electron chi connectivity index (χ1n) is 5.48. The summed E-state index contributed by atoms with van der Waals surface area (Å²) < 4.78 is 0. The number of alkyl halides is 1. The highest BCUT2D eigenvalue weighted by atomic mass is 35.5. The molecule has 0 aliphatic carbocycles. The molecule has 0 saturated carbocycles. The van der Waals surface area contributed by atoms with Crippen LogP contribution in [0.4, 0.5) is 0 Å². The fraction of sp³-hybridized carbons (Fsp3) is 0.231. The Morgan fingerprint density at radius 2 is 2.17 bits per heavy atom. The van der Waals surface area contributed by atoms with Crippen molar-refractivity contribution in [2.75, 3.05) is 5.88 Å². The van der Waals surface area contributed by atoms with Crippen LogP contribution in [0.1, 0.15) is 22.2 Å². The normalized spacial score (nSPS) is 13.9. The van der Waals surface area contributed by atoms with Crippen LogP contribution in [0.5, 0.6) is 0 Å². The number of hydrogen-bond donors (Lipinski definition) is 1. The molecular formula is C13H13ClN2OS. The van der Waals surface area contributed by atoms with E-state index in [1.165, 1.54) is 11.3 Å². The van der Waals surface area contributed by atoms with E-state index in [1.54, 1.807) is 11.7 Å². The van der Waals surface area contributed by atoms with E-state index in [1.807, 2.05) is 37.3 Å². The van der Waals surface area contributed by atoms with Crippen molar-refractivity contribution in [2.24, 2.45) is 0 Å². The number of hydrogen-bond acceptors (Lipinski definition) is 3. The molecule has 0 aliphatic heterocycles. The average molecular weight is 281 g/mol. The third-order valence-corrected chi connectivity index (χ3v) is 4.03. The number of benzene rings is 1. The molecule has 1 aromatic heterocycles. The Balaban J connectivity index is 2.21. The number of carbonyl (C=O) groups excluding carboxylic acids is 1. The van der Waals surface area contributed by atoms with Crippen LogP contribution in [0.15, 0.2) is 42.0 Å².